The molecule has 0 spiro atoms. The van der Waals surface area contributed by atoms with Gasteiger partial charge in [-0.1, -0.05) is 0 Å². The molecule has 22 heavy (non-hydrogen) atoms. The maximum absolute atomic E-state index is 4.70. The monoisotopic (exact) mass is 412 g/mol. The molecule has 0 saturated heterocycles. The molecule has 0 aliphatic rings. The van der Waals surface area contributed by atoms with E-state index in [0.717, 1.165) is 12.4 Å². The van der Waals surface area contributed by atoms with Crippen LogP contribution in [0.2, 0.25) is 13.3 Å². The summed E-state index contributed by atoms with van der Waals surface area (Å²) in [5.41, 5.74) is 0. The van der Waals surface area contributed by atoms with E-state index in [1.54, 1.807) is 3.58 Å². The second-order valence-electron chi connectivity index (χ2n) is 6.55. The minimum absolute atomic E-state index is 0.947. The van der Waals surface area contributed by atoms with Crippen molar-refractivity contribution >= 4 is 27.8 Å². The molecule has 126 valence electrons. The summed E-state index contributed by atoms with van der Waals surface area (Å²) in [4.78, 5) is 4.70. The third-order valence-corrected chi connectivity index (χ3v) is 20.3. The van der Waals surface area contributed by atoms with Gasteiger partial charge >= 0.3 is 142 Å². The predicted octanol–water partition coefficient (Wildman–Crippen LogP) is 5.57. The normalized spacial score (nSPS) is 11.6. The van der Waals surface area contributed by atoms with Crippen LogP contribution in [-0.2, 0) is 0 Å². The summed E-state index contributed by atoms with van der Waals surface area (Å²) in [5.74, 6) is 1.04. The van der Waals surface area contributed by atoms with Crippen molar-refractivity contribution in [1.82, 2.24) is 4.98 Å². The van der Waals surface area contributed by atoms with Crippen molar-refractivity contribution in [2.75, 3.05) is 11.9 Å². The Hall–Kier alpha value is -0.251. The summed E-state index contributed by atoms with van der Waals surface area (Å²) in [5, 5.41) is 3.33. The molecule has 0 aliphatic carbocycles. The van der Waals surface area contributed by atoms with Crippen LogP contribution in [0.25, 0.3) is 0 Å². The second kappa shape index (κ2) is 11.3. The van der Waals surface area contributed by atoms with Crippen molar-refractivity contribution in [1.29, 1.82) is 0 Å². The molecular weight excluding hydrogens is 375 g/mol. The van der Waals surface area contributed by atoms with E-state index in [-0.39, 0.29) is 0 Å². The Bertz CT molecular complexity index is 367. The summed E-state index contributed by atoms with van der Waals surface area (Å²) in [6.45, 7) is 10.1. The molecule has 0 aliphatic heterocycles. The van der Waals surface area contributed by atoms with Crippen molar-refractivity contribution in [3.8, 4) is 0 Å². The fourth-order valence-corrected chi connectivity index (χ4v) is 19.0. The van der Waals surface area contributed by atoms with Gasteiger partial charge in [-0.15, -0.1) is 0 Å². The van der Waals surface area contributed by atoms with Gasteiger partial charge < -0.3 is 0 Å². The molecule has 1 aromatic heterocycles. The first-order chi connectivity index (χ1) is 10.7. The zero-order valence-corrected chi connectivity index (χ0v) is 18.1. The van der Waals surface area contributed by atoms with Gasteiger partial charge in [-0.05, 0) is 0 Å². The summed E-state index contributed by atoms with van der Waals surface area (Å²) in [7, 11) is 0. The first kappa shape index (κ1) is 19.8. The number of rotatable bonds is 12. The molecule has 0 saturated carbocycles. The summed E-state index contributed by atoms with van der Waals surface area (Å²) in [6.07, 6.45) is 10.5. The minimum atomic E-state index is -2.25. The van der Waals surface area contributed by atoms with Crippen LogP contribution in [0.15, 0.2) is 18.3 Å². The number of hydrogen-bond donors (Lipinski definition) is 1. The number of pyridine rings is 1. The average Bonchev–Trinajstić information content (AvgIpc) is 2.56. The molecule has 0 fully saturated rings. The van der Waals surface area contributed by atoms with Crippen LogP contribution in [0.5, 0.6) is 0 Å². The van der Waals surface area contributed by atoms with E-state index in [1.165, 1.54) is 51.8 Å². The quantitative estimate of drug-likeness (QED) is 0.455. The zero-order chi connectivity index (χ0) is 16.3. The van der Waals surface area contributed by atoms with Gasteiger partial charge in [0.2, 0.25) is 0 Å². The molecule has 0 atom stereocenters. The van der Waals surface area contributed by atoms with Crippen molar-refractivity contribution in [2.45, 2.75) is 79.5 Å². The number of hydrogen-bond acceptors (Lipinski definition) is 2. The number of aromatic nitrogens is 1. The molecule has 1 aromatic rings. The topological polar surface area (TPSA) is 24.9 Å². The van der Waals surface area contributed by atoms with E-state index in [4.69, 9.17) is 4.98 Å². The van der Waals surface area contributed by atoms with Crippen molar-refractivity contribution in [3.05, 3.63) is 18.3 Å². The first-order valence-corrected chi connectivity index (χ1v) is 16.9. The Kier molecular flexibility index (Phi) is 10.2. The fraction of sp³-hybridized carbons (Fsp3) is 0.737. The van der Waals surface area contributed by atoms with Gasteiger partial charge in [0.25, 0.3) is 0 Å². The molecule has 0 aromatic carbocycles. The molecule has 1 heterocycles. The van der Waals surface area contributed by atoms with Crippen LogP contribution >= 0.6 is 0 Å². The molecule has 0 amide bonds. The molecule has 0 radical (unpaired) electrons. The molecule has 1 N–H and O–H groups in total. The molecule has 3 heteroatoms. The number of nitrogens with one attached hydrogen (secondary N) is 1. The Morgan fingerprint density at radius 2 is 1.41 bits per heavy atom. The Morgan fingerprint density at radius 3 is 1.77 bits per heavy atom. The van der Waals surface area contributed by atoms with Gasteiger partial charge in [-0.2, -0.15) is 0 Å². The van der Waals surface area contributed by atoms with E-state index in [0.29, 0.717) is 0 Å². The van der Waals surface area contributed by atoms with Gasteiger partial charge in [0.05, 0.1) is 0 Å². The van der Waals surface area contributed by atoms with Gasteiger partial charge in [-0.25, -0.2) is 0 Å². The molecule has 1 rings (SSSR count). The van der Waals surface area contributed by atoms with Gasteiger partial charge in [0.15, 0.2) is 0 Å². The fourth-order valence-electron chi connectivity index (χ4n) is 3.35. The van der Waals surface area contributed by atoms with E-state index in [9.17, 15) is 0 Å². The average molecular weight is 411 g/mol. The predicted molar refractivity (Wildman–Crippen MR) is 103 cm³/mol. The Labute approximate surface area is 142 Å². The molecule has 0 unspecified atom stereocenters. The van der Waals surface area contributed by atoms with Crippen LogP contribution < -0.4 is 8.90 Å². The van der Waals surface area contributed by atoms with E-state index < -0.39 is 18.4 Å². The van der Waals surface area contributed by atoms with Crippen molar-refractivity contribution in [2.24, 2.45) is 0 Å². The number of unbranched alkanes of at least 4 members (excludes halogenated alkanes) is 3. The van der Waals surface area contributed by atoms with Gasteiger partial charge in [0, 0.05) is 0 Å². The van der Waals surface area contributed by atoms with E-state index in [2.05, 4.69) is 51.3 Å². The molecular formula is C19H36N2Sn. The second-order valence-corrected chi connectivity index (χ2v) is 19.8. The summed E-state index contributed by atoms with van der Waals surface area (Å²) >= 11 is -2.25. The van der Waals surface area contributed by atoms with Crippen LogP contribution in [0.3, 0.4) is 0 Å². The van der Waals surface area contributed by atoms with Crippen LogP contribution in [0.1, 0.15) is 66.2 Å². The maximum atomic E-state index is 4.70. The Morgan fingerprint density at radius 1 is 0.864 bits per heavy atom. The summed E-state index contributed by atoms with van der Waals surface area (Å²) < 4.78 is 6.24. The number of anilines is 1. The van der Waals surface area contributed by atoms with Crippen molar-refractivity contribution < 1.29 is 0 Å². The SMILES string of the molecule is CCC[CH2][Sn]([CH2]CCC)([CH2]CCC)[c]1ccc(NCC)nc1. The van der Waals surface area contributed by atoms with Crippen molar-refractivity contribution in [3.63, 3.8) is 0 Å². The zero-order valence-electron chi connectivity index (χ0n) is 15.3. The Balaban J connectivity index is 3.01. The molecule has 0 bridgehead atoms. The van der Waals surface area contributed by atoms with E-state index in [1.807, 2.05) is 0 Å². The van der Waals surface area contributed by atoms with Crippen LogP contribution in [0.4, 0.5) is 5.82 Å². The van der Waals surface area contributed by atoms with Crippen LogP contribution in [0, 0.1) is 0 Å². The van der Waals surface area contributed by atoms with E-state index >= 15 is 0 Å². The number of nitrogens with zero attached hydrogens (tertiary/aromatic N) is 1. The third-order valence-electron chi connectivity index (χ3n) is 4.76. The first-order valence-electron chi connectivity index (χ1n) is 9.42. The van der Waals surface area contributed by atoms with Crippen LogP contribution in [-0.4, -0.2) is 29.9 Å². The standard InChI is InChI=1S/C7H9N2.3C4H9.Sn/c1-2-8-7-5-3-4-6-9-7;3*1-3-4-2;/h3,5-6H,2H2,1H3,(H,8,9);3*1,3-4H2,2H3;. The molecule has 2 nitrogen and oxygen atoms in total. The summed E-state index contributed by atoms with van der Waals surface area (Å²) in [6, 6.07) is 4.64. The van der Waals surface area contributed by atoms with Gasteiger partial charge in [-0.3, -0.25) is 0 Å². The van der Waals surface area contributed by atoms with Gasteiger partial charge in [0.1, 0.15) is 0 Å². The third kappa shape index (κ3) is 6.09.